The molecule has 32 heavy (non-hydrogen) atoms. The van der Waals surface area contributed by atoms with Crippen molar-refractivity contribution in [2.24, 2.45) is 5.92 Å². The van der Waals surface area contributed by atoms with Crippen molar-refractivity contribution in [3.63, 3.8) is 0 Å². The number of piperidine rings is 1. The Morgan fingerprint density at radius 3 is 2.34 bits per heavy atom. The average Bonchev–Trinajstić information content (AvgIpc) is 2.78. The smallest absolute Gasteiger partial charge is 0.405 e. The summed E-state index contributed by atoms with van der Waals surface area (Å²) in [5.74, 6) is -0.854. The molecule has 1 fully saturated rings. The third kappa shape index (κ3) is 6.60. The summed E-state index contributed by atoms with van der Waals surface area (Å²) in [6.45, 7) is 0.913. The molecule has 0 N–H and O–H groups in total. The number of rotatable bonds is 6. The molecule has 1 heterocycles. The normalized spacial score (nSPS) is 15.1. The topological polar surface area (TPSA) is 49.9 Å². The number of para-hydroxylation sites is 1. The standard InChI is InChI=1S/C24H25F3N2O3/c1-28(17-20-9-5-6-10-21(20)32-24(25,26)27)23(31)19-13-15-29(16-14-19)22(30)12-11-18-7-3-2-4-8-18/h2-12,19H,13-17H2,1H3/b12-11+. The van der Waals surface area contributed by atoms with Crippen LogP contribution in [0.25, 0.3) is 6.08 Å². The van der Waals surface area contributed by atoms with Gasteiger partial charge >= 0.3 is 6.36 Å². The first-order valence-electron chi connectivity index (χ1n) is 10.3. The summed E-state index contributed by atoms with van der Waals surface area (Å²) in [7, 11) is 1.56. The van der Waals surface area contributed by atoms with Crippen LogP contribution >= 0.6 is 0 Å². The van der Waals surface area contributed by atoms with Gasteiger partial charge in [0.05, 0.1) is 0 Å². The van der Waals surface area contributed by atoms with Gasteiger partial charge in [-0.3, -0.25) is 9.59 Å². The maximum Gasteiger partial charge on any atom is 0.573 e. The van der Waals surface area contributed by atoms with Crippen LogP contribution in [0.3, 0.4) is 0 Å². The number of carbonyl (C=O) groups is 2. The molecule has 8 heteroatoms. The van der Waals surface area contributed by atoms with Crippen LogP contribution in [0.2, 0.25) is 0 Å². The fourth-order valence-corrected chi connectivity index (χ4v) is 3.69. The second-order valence-corrected chi connectivity index (χ2v) is 7.69. The van der Waals surface area contributed by atoms with E-state index in [0.29, 0.717) is 25.9 Å². The molecule has 0 aliphatic carbocycles. The fraction of sp³-hybridized carbons (Fsp3) is 0.333. The molecule has 2 amide bonds. The number of hydrogen-bond donors (Lipinski definition) is 0. The van der Waals surface area contributed by atoms with E-state index in [2.05, 4.69) is 4.74 Å². The lowest BCUT2D eigenvalue weighted by Gasteiger charge is -2.33. The number of likely N-dealkylation sites (tertiary alicyclic amines) is 1. The van der Waals surface area contributed by atoms with Crippen molar-refractivity contribution in [3.05, 3.63) is 71.8 Å². The number of halogens is 3. The van der Waals surface area contributed by atoms with Crippen LogP contribution in [0, 0.1) is 5.92 Å². The van der Waals surface area contributed by atoms with Crippen LogP contribution in [0.4, 0.5) is 13.2 Å². The van der Waals surface area contributed by atoms with Gasteiger partial charge in [0.1, 0.15) is 5.75 Å². The lowest BCUT2D eigenvalue weighted by Crippen LogP contribution is -2.42. The Labute approximate surface area is 185 Å². The van der Waals surface area contributed by atoms with Crippen molar-refractivity contribution in [3.8, 4) is 5.75 Å². The van der Waals surface area contributed by atoms with E-state index in [1.54, 1.807) is 24.1 Å². The number of hydrogen-bond acceptors (Lipinski definition) is 3. The van der Waals surface area contributed by atoms with Gasteiger partial charge in [-0.2, -0.15) is 0 Å². The minimum absolute atomic E-state index is 0.00401. The Morgan fingerprint density at radius 1 is 1.06 bits per heavy atom. The number of benzene rings is 2. The van der Waals surface area contributed by atoms with E-state index in [1.165, 1.54) is 29.2 Å². The predicted molar refractivity (Wildman–Crippen MR) is 114 cm³/mol. The van der Waals surface area contributed by atoms with E-state index < -0.39 is 6.36 Å². The van der Waals surface area contributed by atoms with Crippen LogP contribution < -0.4 is 4.74 Å². The molecule has 0 unspecified atom stereocenters. The molecule has 0 spiro atoms. The van der Waals surface area contributed by atoms with Crippen molar-refractivity contribution in [2.45, 2.75) is 25.7 Å². The SMILES string of the molecule is CN(Cc1ccccc1OC(F)(F)F)C(=O)C1CCN(C(=O)/C=C/c2ccccc2)CC1. The summed E-state index contributed by atoms with van der Waals surface area (Å²) >= 11 is 0. The molecular formula is C24H25F3N2O3. The Hall–Kier alpha value is -3.29. The number of carbonyl (C=O) groups excluding carboxylic acids is 2. The van der Waals surface area contributed by atoms with Gasteiger partial charge < -0.3 is 14.5 Å². The quantitative estimate of drug-likeness (QED) is 0.614. The van der Waals surface area contributed by atoms with E-state index in [9.17, 15) is 22.8 Å². The lowest BCUT2D eigenvalue weighted by molar-refractivity contribution is -0.275. The van der Waals surface area contributed by atoms with Crippen LogP contribution in [0.1, 0.15) is 24.0 Å². The van der Waals surface area contributed by atoms with Gasteiger partial charge in [-0.25, -0.2) is 0 Å². The minimum atomic E-state index is -4.80. The van der Waals surface area contributed by atoms with Gasteiger partial charge in [-0.15, -0.1) is 13.2 Å². The molecule has 0 radical (unpaired) electrons. The highest BCUT2D eigenvalue weighted by Gasteiger charge is 2.33. The predicted octanol–water partition coefficient (Wildman–Crippen LogP) is 4.50. The Morgan fingerprint density at radius 2 is 1.69 bits per heavy atom. The number of nitrogens with zero attached hydrogens (tertiary/aromatic N) is 2. The number of ether oxygens (including phenoxy) is 1. The highest BCUT2D eigenvalue weighted by molar-refractivity contribution is 5.92. The molecular weight excluding hydrogens is 421 g/mol. The highest BCUT2D eigenvalue weighted by atomic mass is 19.4. The third-order valence-electron chi connectivity index (χ3n) is 5.36. The molecule has 0 bridgehead atoms. The summed E-state index contributed by atoms with van der Waals surface area (Å²) in [6, 6.07) is 15.3. The molecule has 0 saturated carbocycles. The van der Waals surface area contributed by atoms with Crippen molar-refractivity contribution < 1.29 is 27.5 Å². The summed E-state index contributed by atoms with van der Waals surface area (Å²) < 4.78 is 41.9. The first-order valence-corrected chi connectivity index (χ1v) is 10.3. The van der Waals surface area contributed by atoms with Gasteiger partial charge in [-0.1, -0.05) is 48.5 Å². The van der Waals surface area contributed by atoms with E-state index in [0.717, 1.165) is 5.56 Å². The van der Waals surface area contributed by atoms with Crippen LogP contribution in [-0.2, 0) is 16.1 Å². The molecule has 5 nitrogen and oxygen atoms in total. The molecule has 0 aromatic heterocycles. The zero-order chi connectivity index (χ0) is 23.1. The third-order valence-corrected chi connectivity index (χ3v) is 5.36. The molecule has 0 atom stereocenters. The maximum absolute atomic E-state index is 12.8. The second-order valence-electron chi connectivity index (χ2n) is 7.69. The Balaban J connectivity index is 1.53. The van der Waals surface area contributed by atoms with Crippen molar-refractivity contribution in [1.82, 2.24) is 9.80 Å². The summed E-state index contributed by atoms with van der Waals surface area (Å²) in [5.41, 5.74) is 1.21. The zero-order valence-electron chi connectivity index (χ0n) is 17.7. The first-order chi connectivity index (χ1) is 15.2. The van der Waals surface area contributed by atoms with Gasteiger partial charge in [0, 0.05) is 44.2 Å². The maximum atomic E-state index is 12.8. The van der Waals surface area contributed by atoms with E-state index in [1.807, 2.05) is 30.3 Å². The molecule has 170 valence electrons. The largest absolute Gasteiger partial charge is 0.573 e. The Kier molecular flexibility index (Phi) is 7.56. The van der Waals surface area contributed by atoms with Crippen LogP contribution in [0.5, 0.6) is 5.75 Å². The second kappa shape index (κ2) is 10.3. The summed E-state index contributed by atoms with van der Waals surface area (Å²) in [4.78, 5) is 28.4. The monoisotopic (exact) mass is 446 g/mol. The minimum Gasteiger partial charge on any atom is -0.405 e. The molecule has 1 aliphatic rings. The highest BCUT2D eigenvalue weighted by Crippen LogP contribution is 2.28. The van der Waals surface area contributed by atoms with E-state index in [-0.39, 0.29) is 35.6 Å². The molecule has 3 rings (SSSR count). The number of amides is 2. The molecule has 2 aromatic carbocycles. The molecule has 1 saturated heterocycles. The van der Waals surface area contributed by atoms with Crippen molar-refractivity contribution in [1.29, 1.82) is 0 Å². The Bertz CT molecular complexity index is 952. The van der Waals surface area contributed by atoms with Gasteiger partial charge in [0.25, 0.3) is 0 Å². The fourth-order valence-electron chi connectivity index (χ4n) is 3.69. The van der Waals surface area contributed by atoms with Crippen LogP contribution in [-0.4, -0.2) is 48.1 Å². The van der Waals surface area contributed by atoms with Gasteiger partial charge in [0.2, 0.25) is 11.8 Å². The van der Waals surface area contributed by atoms with Gasteiger partial charge in [0.15, 0.2) is 0 Å². The van der Waals surface area contributed by atoms with Gasteiger partial charge in [-0.05, 0) is 30.5 Å². The molecule has 2 aromatic rings. The lowest BCUT2D eigenvalue weighted by atomic mass is 9.95. The van der Waals surface area contributed by atoms with Crippen molar-refractivity contribution in [2.75, 3.05) is 20.1 Å². The number of alkyl halides is 3. The average molecular weight is 446 g/mol. The van der Waals surface area contributed by atoms with Crippen molar-refractivity contribution >= 4 is 17.9 Å². The van der Waals surface area contributed by atoms with E-state index >= 15 is 0 Å². The summed E-state index contributed by atoms with van der Waals surface area (Å²) in [5, 5.41) is 0. The van der Waals surface area contributed by atoms with E-state index in [4.69, 9.17) is 0 Å². The zero-order valence-corrected chi connectivity index (χ0v) is 17.7. The van der Waals surface area contributed by atoms with Crippen LogP contribution in [0.15, 0.2) is 60.7 Å². The summed E-state index contributed by atoms with van der Waals surface area (Å²) in [6.07, 6.45) is -0.494. The first kappa shape index (κ1) is 23.4. The molecule has 1 aliphatic heterocycles.